The number of carbonyl (C=O) groups is 2. The molecule has 7 nitrogen and oxygen atoms in total. The molecule has 2 aromatic carbocycles. The molecule has 0 unspecified atom stereocenters. The van der Waals surface area contributed by atoms with Crippen molar-refractivity contribution in [1.29, 1.82) is 0 Å². The molecule has 0 atom stereocenters. The van der Waals surface area contributed by atoms with Crippen molar-refractivity contribution < 1.29 is 14.3 Å². The maximum atomic E-state index is 13.5. The summed E-state index contributed by atoms with van der Waals surface area (Å²) in [6.45, 7) is 3.19. The summed E-state index contributed by atoms with van der Waals surface area (Å²) in [5, 5.41) is 3.12. The third kappa shape index (κ3) is 4.46. The number of rotatable bonds is 7. The van der Waals surface area contributed by atoms with Crippen LogP contribution in [0.25, 0.3) is 10.2 Å². The van der Waals surface area contributed by atoms with Crippen molar-refractivity contribution >= 4 is 60.7 Å². The molecule has 4 aromatic rings. The van der Waals surface area contributed by atoms with E-state index < -0.39 is 0 Å². The minimum absolute atomic E-state index is 0.0905. The van der Waals surface area contributed by atoms with E-state index in [1.807, 2.05) is 60.8 Å². The van der Waals surface area contributed by atoms with Gasteiger partial charge in [-0.25, -0.2) is 9.97 Å². The van der Waals surface area contributed by atoms with E-state index in [0.29, 0.717) is 41.2 Å². The molecule has 5 rings (SSSR count). The molecule has 0 bridgehead atoms. The second-order valence-corrected chi connectivity index (χ2v) is 9.41. The van der Waals surface area contributed by atoms with Crippen LogP contribution in [0.15, 0.2) is 53.9 Å². The summed E-state index contributed by atoms with van der Waals surface area (Å²) in [4.78, 5) is 38.2. The monoisotopic (exact) mass is 478 g/mol. The number of fused-ring (bicyclic) bond motifs is 1. The van der Waals surface area contributed by atoms with Crippen molar-refractivity contribution in [3.8, 4) is 5.75 Å². The normalized spacial score (nSPS) is 13.6. The molecule has 0 N–H and O–H groups in total. The van der Waals surface area contributed by atoms with E-state index in [0.717, 1.165) is 22.4 Å². The second-order valence-electron chi connectivity index (χ2n) is 7.57. The Morgan fingerprint density at radius 3 is 2.70 bits per heavy atom. The number of anilines is 3. The lowest BCUT2D eigenvalue weighted by Gasteiger charge is -2.20. The summed E-state index contributed by atoms with van der Waals surface area (Å²) in [6, 6.07) is 15.3. The molecule has 1 aliphatic rings. The molecule has 1 saturated heterocycles. The lowest BCUT2D eigenvalue weighted by molar-refractivity contribution is -0.117. The van der Waals surface area contributed by atoms with Crippen LogP contribution >= 0.6 is 22.7 Å². The van der Waals surface area contributed by atoms with Crippen LogP contribution in [0.5, 0.6) is 5.75 Å². The first-order valence-electron chi connectivity index (χ1n) is 10.8. The topological polar surface area (TPSA) is 75.6 Å². The smallest absolute Gasteiger partial charge is 0.239 e. The summed E-state index contributed by atoms with van der Waals surface area (Å²) in [5.41, 5.74) is 2.22. The molecule has 0 spiro atoms. The van der Waals surface area contributed by atoms with Gasteiger partial charge in [-0.15, -0.1) is 11.3 Å². The predicted molar refractivity (Wildman–Crippen MR) is 132 cm³/mol. The minimum Gasteiger partial charge on any atom is -0.494 e. The van der Waals surface area contributed by atoms with E-state index in [1.165, 1.54) is 22.7 Å². The molecule has 3 heterocycles. The number of amides is 2. The molecule has 168 valence electrons. The number of aromatic nitrogens is 2. The van der Waals surface area contributed by atoms with Crippen LogP contribution < -0.4 is 14.5 Å². The average molecular weight is 479 g/mol. The number of benzene rings is 2. The van der Waals surface area contributed by atoms with E-state index >= 15 is 0 Å². The Kier molecular flexibility index (Phi) is 6.06. The maximum Gasteiger partial charge on any atom is 0.239 e. The van der Waals surface area contributed by atoms with Gasteiger partial charge < -0.3 is 4.74 Å². The molecular formula is C24H22N4O3S2. The quantitative estimate of drug-likeness (QED) is 0.366. The first kappa shape index (κ1) is 21.5. The van der Waals surface area contributed by atoms with E-state index in [9.17, 15) is 9.59 Å². The van der Waals surface area contributed by atoms with Crippen LogP contribution in [0, 0.1) is 0 Å². The van der Waals surface area contributed by atoms with Gasteiger partial charge in [-0.2, -0.15) is 0 Å². The number of hydrogen-bond donors (Lipinski definition) is 0. The van der Waals surface area contributed by atoms with Gasteiger partial charge in [0.2, 0.25) is 11.8 Å². The Hall–Kier alpha value is -3.30. The van der Waals surface area contributed by atoms with Gasteiger partial charge in [0.25, 0.3) is 0 Å². The van der Waals surface area contributed by atoms with Gasteiger partial charge in [0.05, 0.1) is 34.6 Å². The Morgan fingerprint density at radius 2 is 1.97 bits per heavy atom. The van der Waals surface area contributed by atoms with Crippen molar-refractivity contribution in [2.24, 2.45) is 0 Å². The highest BCUT2D eigenvalue weighted by Gasteiger charge is 2.26. The lowest BCUT2D eigenvalue weighted by Crippen LogP contribution is -2.28. The molecular weight excluding hydrogens is 456 g/mol. The van der Waals surface area contributed by atoms with Crippen molar-refractivity contribution in [1.82, 2.24) is 9.97 Å². The van der Waals surface area contributed by atoms with Gasteiger partial charge in [-0.1, -0.05) is 23.5 Å². The summed E-state index contributed by atoms with van der Waals surface area (Å²) in [7, 11) is 0. The standard InChI is InChI=1S/C24H22N4O3S2/c1-2-31-18-11-9-17(10-12-18)28(24-26-19-6-3-4-7-20(19)33-24)22(30)14-16-15-32-23(25-16)27-13-5-8-21(27)29/h3-4,6-7,9-12,15H,2,5,8,13-14H2,1H3. The van der Waals surface area contributed by atoms with Crippen LogP contribution in [0.3, 0.4) is 0 Å². The fourth-order valence-corrected chi connectivity index (χ4v) is 5.63. The molecule has 2 aromatic heterocycles. The van der Waals surface area contributed by atoms with Gasteiger partial charge in [0, 0.05) is 18.3 Å². The summed E-state index contributed by atoms with van der Waals surface area (Å²) >= 11 is 2.87. The van der Waals surface area contributed by atoms with Gasteiger partial charge in [0.15, 0.2) is 10.3 Å². The Morgan fingerprint density at radius 1 is 1.15 bits per heavy atom. The Bertz CT molecular complexity index is 1270. The molecule has 0 saturated carbocycles. The first-order valence-corrected chi connectivity index (χ1v) is 12.5. The Labute approximate surface area is 199 Å². The zero-order valence-corrected chi connectivity index (χ0v) is 19.7. The summed E-state index contributed by atoms with van der Waals surface area (Å²) < 4.78 is 6.57. The lowest BCUT2D eigenvalue weighted by atomic mass is 10.2. The number of thiazole rings is 2. The van der Waals surface area contributed by atoms with Gasteiger partial charge in [-0.3, -0.25) is 19.4 Å². The molecule has 33 heavy (non-hydrogen) atoms. The summed E-state index contributed by atoms with van der Waals surface area (Å²) in [5.74, 6) is 0.702. The zero-order valence-electron chi connectivity index (χ0n) is 18.1. The number of nitrogens with zero attached hydrogens (tertiary/aromatic N) is 4. The number of carbonyl (C=O) groups excluding carboxylic acids is 2. The molecule has 0 aliphatic carbocycles. The van der Waals surface area contributed by atoms with Crippen LogP contribution in [-0.2, 0) is 16.0 Å². The fourth-order valence-electron chi connectivity index (χ4n) is 3.76. The highest BCUT2D eigenvalue weighted by atomic mass is 32.1. The molecule has 1 fully saturated rings. The molecule has 1 aliphatic heterocycles. The minimum atomic E-state index is -0.136. The third-order valence-electron chi connectivity index (χ3n) is 5.31. The largest absolute Gasteiger partial charge is 0.494 e. The van der Waals surface area contributed by atoms with Crippen molar-refractivity contribution in [3.05, 3.63) is 59.6 Å². The number of hydrogen-bond acceptors (Lipinski definition) is 7. The van der Waals surface area contributed by atoms with Crippen LogP contribution in [0.4, 0.5) is 16.0 Å². The average Bonchev–Trinajstić information content (AvgIpc) is 3.55. The van der Waals surface area contributed by atoms with E-state index in [1.54, 1.807) is 9.80 Å². The fraction of sp³-hybridized carbons (Fsp3) is 0.250. The van der Waals surface area contributed by atoms with Crippen LogP contribution in [0.1, 0.15) is 25.5 Å². The SMILES string of the molecule is CCOc1ccc(N(C(=O)Cc2csc(N3CCCC3=O)n2)c2nc3ccccc3s2)cc1. The predicted octanol–water partition coefficient (Wildman–Crippen LogP) is 5.19. The van der Waals surface area contributed by atoms with Crippen molar-refractivity contribution in [3.63, 3.8) is 0 Å². The highest BCUT2D eigenvalue weighted by Crippen LogP contribution is 2.35. The third-order valence-corrected chi connectivity index (χ3v) is 7.24. The number of para-hydroxylation sites is 1. The first-order chi connectivity index (χ1) is 16.1. The van der Waals surface area contributed by atoms with Crippen molar-refractivity contribution in [2.45, 2.75) is 26.2 Å². The number of ether oxygens (including phenoxy) is 1. The van der Waals surface area contributed by atoms with Gasteiger partial charge >= 0.3 is 0 Å². The Balaban J connectivity index is 1.45. The molecule has 2 amide bonds. The van der Waals surface area contributed by atoms with Gasteiger partial charge in [0.1, 0.15) is 5.75 Å². The highest BCUT2D eigenvalue weighted by molar-refractivity contribution is 7.22. The van der Waals surface area contributed by atoms with Crippen LogP contribution in [-0.4, -0.2) is 34.9 Å². The van der Waals surface area contributed by atoms with Crippen molar-refractivity contribution in [2.75, 3.05) is 23.0 Å². The van der Waals surface area contributed by atoms with E-state index in [-0.39, 0.29) is 18.2 Å². The zero-order chi connectivity index (χ0) is 22.8. The van der Waals surface area contributed by atoms with E-state index in [4.69, 9.17) is 9.72 Å². The second kappa shape index (κ2) is 9.29. The van der Waals surface area contributed by atoms with E-state index in [2.05, 4.69) is 4.98 Å². The maximum absolute atomic E-state index is 13.5. The van der Waals surface area contributed by atoms with Gasteiger partial charge in [-0.05, 0) is 49.7 Å². The molecule has 0 radical (unpaired) electrons. The summed E-state index contributed by atoms with van der Waals surface area (Å²) in [6.07, 6.45) is 1.51. The molecule has 9 heteroatoms. The van der Waals surface area contributed by atoms with Crippen LogP contribution in [0.2, 0.25) is 0 Å².